The summed E-state index contributed by atoms with van der Waals surface area (Å²) in [6.45, 7) is 4.29. The number of nitrogen functional groups attached to an aromatic ring is 1. The first-order valence-electron chi connectivity index (χ1n) is 7.03. The normalized spacial score (nSPS) is 11.3. The van der Waals surface area contributed by atoms with Gasteiger partial charge in [0.1, 0.15) is 5.52 Å². The van der Waals surface area contributed by atoms with Gasteiger partial charge in [-0.1, -0.05) is 31.5 Å². The van der Waals surface area contributed by atoms with Crippen LogP contribution in [0.2, 0.25) is 5.02 Å². The predicted octanol–water partition coefficient (Wildman–Crippen LogP) is 4.86. The van der Waals surface area contributed by atoms with E-state index in [1.165, 1.54) is 12.7 Å². The number of benzene rings is 2. The molecule has 3 rings (SSSR count). The minimum Gasteiger partial charge on any atom is -0.493 e. The summed E-state index contributed by atoms with van der Waals surface area (Å²) in [4.78, 5) is 4.54. The van der Waals surface area contributed by atoms with E-state index < -0.39 is 0 Å². The van der Waals surface area contributed by atoms with Gasteiger partial charge in [-0.3, -0.25) is 0 Å². The second-order valence-electron chi connectivity index (χ2n) is 5.48. The van der Waals surface area contributed by atoms with Gasteiger partial charge in [0.05, 0.1) is 17.8 Å². The molecular weight excluding hydrogens is 300 g/mol. The van der Waals surface area contributed by atoms with Crippen molar-refractivity contribution in [1.29, 1.82) is 0 Å². The molecule has 0 amide bonds. The Labute approximate surface area is 133 Å². The van der Waals surface area contributed by atoms with Crippen molar-refractivity contribution >= 4 is 28.4 Å². The smallest absolute Gasteiger partial charge is 0.227 e. The maximum absolute atomic E-state index is 6.18. The second kappa shape index (κ2) is 5.54. The number of ether oxygens (including phenoxy) is 1. The third kappa shape index (κ3) is 2.50. The average Bonchev–Trinajstić information content (AvgIpc) is 2.89. The molecule has 2 aromatic carbocycles. The van der Waals surface area contributed by atoms with Crippen LogP contribution in [0.15, 0.2) is 34.7 Å². The lowest BCUT2D eigenvalue weighted by atomic mass is 10.0. The van der Waals surface area contributed by atoms with Crippen molar-refractivity contribution in [3.05, 3.63) is 40.9 Å². The number of halogens is 1. The van der Waals surface area contributed by atoms with Crippen molar-refractivity contribution in [1.82, 2.24) is 4.98 Å². The van der Waals surface area contributed by atoms with Gasteiger partial charge in [0, 0.05) is 5.56 Å². The Kier molecular flexibility index (Phi) is 3.71. The number of rotatable bonds is 3. The molecule has 3 aromatic rings. The summed E-state index contributed by atoms with van der Waals surface area (Å²) in [7, 11) is 1.53. The van der Waals surface area contributed by atoms with E-state index in [-0.39, 0.29) is 0 Å². The van der Waals surface area contributed by atoms with E-state index in [4.69, 9.17) is 26.5 Å². The summed E-state index contributed by atoms with van der Waals surface area (Å²) in [5.41, 5.74) is 9.92. The van der Waals surface area contributed by atoms with E-state index >= 15 is 0 Å². The summed E-state index contributed by atoms with van der Waals surface area (Å²) in [6, 6.07) is 9.53. The lowest BCUT2D eigenvalue weighted by Gasteiger charge is -2.07. The van der Waals surface area contributed by atoms with Crippen molar-refractivity contribution in [3.63, 3.8) is 0 Å². The van der Waals surface area contributed by atoms with Crippen molar-refractivity contribution < 1.29 is 9.15 Å². The van der Waals surface area contributed by atoms with Gasteiger partial charge in [0.15, 0.2) is 11.3 Å². The highest BCUT2D eigenvalue weighted by Crippen LogP contribution is 2.36. The molecule has 0 bridgehead atoms. The van der Waals surface area contributed by atoms with Gasteiger partial charge in [-0.2, -0.15) is 0 Å². The number of aromatic nitrogens is 1. The zero-order valence-corrected chi connectivity index (χ0v) is 13.4. The first-order valence-corrected chi connectivity index (χ1v) is 7.41. The van der Waals surface area contributed by atoms with Gasteiger partial charge in [-0.15, -0.1) is 0 Å². The first kappa shape index (κ1) is 14.7. The number of methoxy groups -OCH3 is 1. The van der Waals surface area contributed by atoms with E-state index in [9.17, 15) is 0 Å². The fourth-order valence-electron chi connectivity index (χ4n) is 2.38. The Hall–Kier alpha value is -2.20. The lowest BCUT2D eigenvalue weighted by molar-refractivity contribution is 0.417. The molecule has 114 valence electrons. The molecule has 1 aromatic heterocycles. The molecule has 0 aliphatic rings. The fourth-order valence-corrected chi connectivity index (χ4v) is 2.68. The standard InChI is InChI=1S/C17H17ClN2O2/c1-9(2)10-4-5-15-14(8-10)20-17(22-15)11-6-12(18)16(21-3)13(19)7-11/h4-9H,19H2,1-3H3. The van der Waals surface area contributed by atoms with Crippen molar-refractivity contribution in [2.45, 2.75) is 19.8 Å². The summed E-state index contributed by atoms with van der Waals surface area (Å²) in [5, 5.41) is 0.433. The Morgan fingerprint density at radius 1 is 1.23 bits per heavy atom. The zero-order chi connectivity index (χ0) is 15.9. The fraction of sp³-hybridized carbons (Fsp3) is 0.235. The van der Waals surface area contributed by atoms with Crippen molar-refractivity contribution in [2.24, 2.45) is 0 Å². The van der Waals surface area contributed by atoms with E-state index in [1.54, 1.807) is 12.1 Å². The number of hydrogen-bond acceptors (Lipinski definition) is 4. The maximum Gasteiger partial charge on any atom is 0.227 e. The number of fused-ring (bicyclic) bond motifs is 1. The SMILES string of the molecule is COc1c(N)cc(-c2nc3cc(C(C)C)ccc3o2)cc1Cl. The van der Waals surface area contributed by atoms with Gasteiger partial charge in [-0.25, -0.2) is 4.98 Å². The number of nitrogens with zero attached hydrogens (tertiary/aromatic N) is 1. The Morgan fingerprint density at radius 3 is 2.64 bits per heavy atom. The third-order valence-corrected chi connectivity index (χ3v) is 3.88. The quantitative estimate of drug-likeness (QED) is 0.701. The van der Waals surface area contributed by atoms with Crippen LogP contribution >= 0.6 is 11.6 Å². The molecule has 0 aliphatic heterocycles. The summed E-state index contributed by atoms with van der Waals surface area (Å²) in [5.74, 6) is 1.39. The molecule has 0 saturated carbocycles. The van der Waals surface area contributed by atoms with E-state index in [0.29, 0.717) is 28.3 Å². The molecule has 22 heavy (non-hydrogen) atoms. The number of hydrogen-bond donors (Lipinski definition) is 1. The third-order valence-electron chi connectivity index (χ3n) is 3.60. The molecule has 5 heteroatoms. The number of nitrogens with two attached hydrogens (primary N) is 1. The van der Waals surface area contributed by atoms with Gasteiger partial charge in [0.25, 0.3) is 0 Å². The van der Waals surface area contributed by atoms with Crippen LogP contribution in [0, 0.1) is 0 Å². The number of oxazole rings is 1. The summed E-state index contributed by atoms with van der Waals surface area (Å²) < 4.78 is 11.0. The van der Waals surface area contributed by atoms with Crippen LogP contribution in [0.25, 0.3) is 22.6 Å². The Morgan fingerprint density at radius 2 is 2.00 bits per heavy atom. The van der Waals surface area contributed by atoms with Crippen LogP contribution in [-0.2, 0) is 0 Å². The Balaban J connectivity index is 2.10. The molecule has 4 nitrogen and oxygen atoms in total. The molecule has 0 saturated heterocycles. The predicted molar refractivity (Wildman–Crippen MR) is 89.5 cm³/mol. The van der Waals surface area contributed by atoms with E-state index in [2.05, 4.69) is 24.9 Å². The second-order valence-corrected chi connectivity index (χ2v) is 5.89. The van der Waals surface area contributed by atoms with Crippen LogP contribution in [0.5, 0.6) is 5.75 Å². The van der Waals surface area contributed by atoms with Gasteiger partial charge in [0.2, 0.25) is 5.89 Å². The molecule has 1 heterocycles. The minimum absolute atomic E-state index is 0.433. The average molecular weight is 317 g/mol. The molecule has 0 spiro atoms. The molecule has 0 radical (unpaired) electrons. The number of anilines is 1. The highest BCUT2D eigenvalue weighted by Gasteiger charge is 2.14. The molecule has 0 unspecified atom stereocenters. The molecular formula is C17H17ClN2O2. The van der Waals surface area contributed by atoms with Crippen LogP contribution in [-0.4, -0.2) is 12.1 Å². The van der Waals surface area contributed by atoms with Crippen molar-refractivity contribution in [3.8, 4) is 17.2 Å². The molecule has 0 atom stereocenters. The van der Waals surface area contributed by atoms with Gasteiger partial charge < -0.3 is 14.9 Å². The van der Waals surface area contributed by atoms with E-state index in [0.717, 1.165) is 16.7 Å². The highest BCUT2D eigenvalue weighted by atomic mass is 35.5. The van der Waals surface area contributed by atoms with Crippen LogP contribution in [0.4, 0.5) is 5.69 Å². The highest BCUT2D eigenvalue weighted by molar-refractivity contribution is 6.32. The first-order chi connectivity index (χ1) is 10.5. The van der Waals surface area contributed by atoms with Gasteiger partial charge in [-0.05, 0) is 35.7 Å². The monoisotopic (exact) mass is 316 g/mol. The zero-order valence-electron chi connectivity index (χ0n) is 12.7. The van der Waals surface area contributed by atoms with E-state index in [1.807, 2.05) is 12.1 Å². The summed E-state index contributed by atoms with van der Waals surface area (Å²) >= 11 is 6.18. The Bertz CT molecular complexity index is 817. The van der Waals surface area contributed by atoms with Crippen LogP contribution in [0.3, 0.4) is 0 Å². The lowest BCUT2D eigenvalue weighted by Crippen LogP contribution is -1.94. The maximum atomic E-state index is 6.18. The summed E-state index contributed by atoms with van der Waals surface area (Å²) in [6.07, 6.45) is 0. The van der Waals surface area contributed by atoms with Crippen LogP contribution in [0.1, 0.15) is 25.3 Å². The molecule has 2 N–H and O–H groups in total. The van der Waals surface area contributed by atoms with Crippen LogP contribution < -0.4 is 10.5 Å². The topological polar surface area (TPSA) is 61.3 Å². The largest absolute Gasteiger partial charge is 0.493 e. The molecule has 0 fully saturated rings. The van der Waals surface area contributed by atoms with Crippen molar-refractivity contribution in [2.75, 3.05) is 12.8 Å². The molecule has 0 aliphatic carbocycles. The minimum atomic E-state index is 0.433. The van der Waals surface area contributed by atoms with Gasteiger partial charge >= 0.3 is 0 Å².